The van der Waals surface area contributed by atoms with Gasteiger partial charge in [-0.05, 0) is 30.8 Å². The SMILES string of the molecule is CCNC(CSc1ccc(F)cc1)Cc1cn(C)nn1. The van der Waals surface area contributed by atoms with E-state index in [2.05, 4.69) is 22.6 Å². The second-order valence-corrected chi connectivity index (χ2v) is 5.70. The van der Waals surface area contributed by atoms with Crippen LogP contribution in [0.5, 0.6) is 0 Å². The van der Waals surface area contributed by atoms with Crippen molar-refractivity contribution in [1.29, 1.82) is 0 Å². The summed E-state index contributed by atoms with van der Waals surface area (Å²) in [4.78, 5) is 1.08. The highest BCUT2D eigenvalue weighted by Crippen LogP contribution is 2.19. The molecule has 0 aliphatic heterocycles. The first-order valence-electron chi connectivity index (χ1n) is 6.64. The maximum Gasteiger partial charge on any atom is 0.123 e. The monoisotopic (exact) mass is 294 g/mol. The summed E-state index contributed by atoms with van der Waals surface area (Å²) in [6.45, 7) is 3.00. The molecule has 1 atom stereocenters. The van der Waals surface area contributed by atoms with Crippen LogP contribution in [0.25, 0.3) is 0 Å². The van der Waals surface area contributed by atoms with Gasteiger partial charge in [0, 0.05) is 36.4 Å². The van der Waals surface area contributed by atoms with Gasteiger partial charge in [0.05, 0.1) is 5.69 Å². The van der Waals surface area contributed by atoms with E-state index in [1.807, 2.05) is 25.4 Å². The topological polar surface area (TPSA) is 42.7 Å². The molecule has 0 saturated heterocycles. The maximum absolute atomic E-state index is 12.9. The third-order valence-corrected chi connectivity index (χ3v) is 4.04. The largest absolute Gasteiger partial charge is 0.313 e. The first-order valence-corrected chi connectivity index (χ1v) is 7.63. The minimum absolute atomic E-state index is 0.197. The Labute approximate surface area is 122 Å². The van der Waals surface area contributed by atoms with Gasteiger partial charge in [0.15, 0.2) is 0 Å². The summed E-state index contributed by atoms with van der Waals surface area (Å²) in [6.07, 6.45) is 2.78. The molecule has 0 radical (unpaired) electrons. The normalized spacial score (nSPS) is 12.6. The number of hydrogen-bond acceptors (Lipinski definition) is 4. The zero-order chi connectivity index (χ0) is 14.4. The second kappa shape index (κ2) is 7.40. The standard InChI is InChI=1S/C14H19FN4S/c1-3-16-13(8-12-9-19(2)18-17-12)10-20-14-6-4-11(15)5-7-14/h4-7,9,13,16H,3,8,10H2,1-2H3. The van der Waals surface area contributed by atoms with E-state index in [0.717, 1.165) is 29.3 Å². The van der Waals surface area contributed by atoms with Crippen molar-refractivity contribution in [2.75, 3.05) is 12.3 Å². The van der Waals surface area contributed by atoms with Gasteiger partial charge >= 0.3 is 0 Å². The Kier molecular flexibility index (Phi) is 5.55. The summed E-state index contributed by atoms with van der Waals surface area (Å²) >= 11 is 1.72. The Morgan fingerprint density at radius 1 is 1.35 bits per heavy atom. The molecule has 0 aliphatic rings. The first kappa shape index (κ1) is 15.0. The Morgan fingerprint density at radius 2 is 2.10 bits per heavy atom. The number of aromatic nitrogens is 3. The van der Waals surface area contributed by atoms with Crippen LogP contribution in [0.1, 0.15) is 12.6 Å². The van der Waals surface area contributed by atoms with Gasteiger partial charge in [-0.15, -0.1) is 16.9 Å². The molecule has 0 amide bonds. The maximum atomic E-state index is 12.9. The Morgan fingerprint density at radius 3 is 2.70 bits per heavy atom. The molecule has 0 aliphatic carbocycles. The summed E-state index contributed by atoms with van der Waals surface area (Å²) in [7, 11) is 1.87. The van der Waals surface area contributed by atoms with Gasteiger partial charge in [-0.2, -0.15) is 0 Å². The van der Waals surface area contributed by atoms with E-state index < -0.39 is 0 Å². The van der Waals surface area contributed by atoms with Crippen LogP contribution in [0.15, 0.2) is 35.4 Å². The van der Waals surface area contributed by atoms with E-state index in [1.54, 1.807) is 16.4 Å². The van der Waals surface area contributed by atoms with E-state index in [9.17, 15) is 4.39 Å². The van der Waals surface area contributed by atoms with E-state index in [-0.39, 0.29) is 5.82 Å². The molecule has 0 saturated carbocycles. The molecule has 6 heteroatoms. The van der Waals surface area contributed by atoms with Crippen LogP contribution in [0.3, 0.4) is 0 Å². The molecule has 0 spiro atoms. The summed E-state index contributed by atoms with van der Waals surface area (Å²) in [6, 6.07) is 6.93. The molecular weight excluding hydrogens is 275 g/mol. The highest BCUT2D eigenvalue weighted by atomic mass is 32.2. The van der Waals surface area contributed by atoms with Crippen LogP contribution in [-0.2, 0) is 13.5 Å². The van der Waals surface area contributed by atoms with Crippen LogP contribution >= 0.6 is 11.8 Å². The molecule has 1 aromatic carbocycles. The quantitative estimate of drug-likeness (QED) is 0.796. The number of hydrogen-bond donors (Lipinski definition) is 1. The second-order valence-electron chi connectivity index (χ2n) is 4.61. The number of aryl methyl sites for hydroxylation is 1. The fourth-order valence-corrected chi connectivity index (χ4v) is 2.91. The lowest BCUT2D eigenvalue weighted by molar-refractivity contribution is 0.566. The van der Waals surface area contributed by atoms with Gasteiger partial charge in [0.2, 0.25) is 0 Å². The van der Waals surface area contributed by atoms with Crippen LogP contribution in [0.2, 0.25) is 0 Å². The third-order valence-electron chi connectivity index (χ3n) is 2.86. The predicted octanol–water partition coefficient (Wildman–Crippen LogP) is 2.27. The van der Waals surface area contributed by atoms with Crippen molar-refractivity contribution in [1.82, 2.24) is 20.3 Å². The highest BCUT2D eigenvalue weighted by molar-refractivity contribution is 7.99. The Hall–Kier alpha value is -1.40. The third kappa shape index (κ3) is 4.61. The fraction of sp³-hybridized carbons (Fsp3) is 0.429. The molecule has 2 aromatic rings. The summed E-state index contributed by atoms with van der Waals surface area (Å²) < 4.78 is 14.6. The molecule has 1 heterocycles. The van der Waals surface area contributed by atoms with E-state index in [4.69, 9.17) is 0 Å². The molecule has 20 heavy (non-hydrogen) atoms. The summed E-state index contributed by atoms with van der Waals surface area (Å²) in [5.74, 6) is 0.716. The number of rotatable bonds is 7. The zero-order valence-corrected chi connectivity index (χ0v) is 12.5. The van der Waals surface area contributed by atoms with Crippen molar-refractivity contribution in [3.05, 3.63) is 42.0 Å². The number of nitrogens with zero attached hydrogens (tertiary/aromatic N) is 3. The number of nitrogens with one attached hydrogen (secondary N) is 1. The number of benzene rings is 1. The van der Waals surface area contributed by atoms with E-state index >= 15 is 0 Å². The van der Waals surface area contributed by atoms with Gasteiger partial charge in [0.1, 0.15) is 5.82 Å². The van der Waals surface area contributed by atoms with Crippen molar-refractivity contribution in [2.45, 2.75) is 24.3 Å². The van der Waals surface area contributed by atoms with Gasteiger partial charge < -0.3 is 5.32 Å². The molecule has 108 valence electrons. The molecular formula is C14H19FN4S. The lowest BCUT2D eigenvalue weighted by Crippen LogP contribution is -2.33. The number of likely N-dealkylation sites (N-methyl/N-ethyl adjacent to an activating group) is 1. The van der Waals surface area contributed by atoms with Crippen LogP contribution in [0.4, 0.5) is 4.39 Å². The molecule has 4 nitrogen and oxygen atoms in total. The lowest BCUT2D eigenvalue weighted by Gasteiger charge is -2.16. The van der Waals surface area contributed by atoms with Crippen LogP contribution in [-0.4, -0.2) is 33.3 Å². The molecule has 1 N–H and O–H groups in total. The van der Waals surface area contributed by atoms with Gasteiger partial charge in [0.25, 0.3) is 0 Å². The first-order chi connectivity index (χ1) is 9.67. The fourth-order valence-electron chi connectivity index (χ4n) is 1.95. The average molecular weight is 294 g/mol. The molecule has 0 bridgehead atoms. The van der Waals surface area contributed by atoms with Crippen LogP contribution in [0, 0.1) is 5.82 Å². The van der Waals surface area contributed by atoms with Gasteiger partial charge in [-0.3, -0.25) is 4.68 Å². The highest BCUT2D eigenvalue weighted by Gasteiger charge is 2.11. The minimum atomic E-state index is -0.197. The van der Waals surface area contributed by atoms with Crippen molar-refractivity contribution in [3.8, 4) is 0 Å². The van der Waals surface area contributed by atoms with E-state index in [1.165, 1.54) is 12.1 Å². The van der Waals surface area contributed by atoms with Gasteiger partial charge in [-0.1, -0.05) is 12.1 Å². The predicted molar refractivity (Wildman–Crippen MR) is 79.3 cm³/mol. The number of halogens is 1. The lowest BCUT2D eigenvalue weighted by atomic mass is 10.2. The average Bonchev–Trinajstić information content (AvgIpc) is 2.83. The van der Waals surface area contributed by atoms with E-state index in [0.29, 0.717) is 6.04 Å². The van der Waals surface area contributed by atoms with Crippen molar-refractivity contribution in [2.24, 2.45) is 7.05 Å². The molecule has 1 unspecified atom stereocenters. The van der Waals surface area contributed by atoms with Crippen molar-refractivity contribution in [3.63, 3.8) is 0 Å². The molecule has 0 fully saturated rings. The van der Waals surface area contributed by atoms with Crippen LogP contribution < -0.4 is 5.32 Å². The Bertz CT molecular complexity index is 526. The van der Waals surface area contributed by atoms with Crippen molar-refractivity contribution < 1.29 is 4.39 Å². The number of thioether (sulfide) groups is 1. The van der Waals surface area contributed by atoms with Gasteiger partial charge in [-0.25, -0.2) is 4.39 Å². The molecule has 1 aromatic heterocycles. The zero-order valence-electron chi connectivity index (χ0n) is 11.7. The Balaban J connectivity index is 1.90. The molecule has 2 rings (SSSR count). The smallest absolute Gasteiger partial charge is 0.123 e. The minimum Gasteiger partial charge on any atom is -0.313 e. The van der Waals surface area contributed by atoms with Crippen molar-refractivity contribution >= 4 is 11.8 Å². The summed E-state index contributed by atoms with van der Waals surface area (Å²) in [5, 5.41) is 11.5. The summed E-state index contributed by atoms with van der Waals surface area (Å²) in [5.41, 5.74) is 0.984.